The van der Waals surface area contributed by atoms with Crippen LogP contribution in [0.15, 0.2) is 113 Å². The molecule has 2 N–H and O–H groups in total. The zero-order valence-corrected chi connectivity index (χ0v) is 22.9. The van der Waals surface area contributed by atoms with Crippen molar-refractivity contribution in [1.29, 1.82) is 0 Å². The van der Waals surface area contributed by atoms with E-state index < -0.39 is 6.04 Å². The van der Waals surface area contributed by atoms with Crippen molar-refractivity contribution in [2.24, 2.45) is 5.10 Å². The fraction of sp³-hybridized carbons (Fsp3) is 0.129. The molecule has 8 heteroatoms. The van der Waals surface area contributed by atoms with Crippen molar-refractivity contribution in [3.8, 4) is 11.5 Å². The number of hydrogen-bond donors (Lipinski definition) is 2. The van der Waals surface area contributed by atoms with Crippen LogP contribution in [0.2, 0.25) is 0 Å². The lowest BCUT2D eigenvalue weighted by atomic mass is 10.0. The van der Waals surface area contributed by atoms with Crippen molar-refractivity contribution in [1.82, 2.24) is 10.7 Å². The number of nitrogens with one attached hydrogen (secondary N) is 2. The zero-order valence-electron chi connectivity index (χ0n) is 21.3. The Balaban J connectivity index is 1.36. The fourth-order valence-electron chi connectivity index (χ4n) is 3.80. The van der Waals surface area contributed by atoms with Crippen LogP contribution >= 0.6 is 15.9 Å². The number of hydrazone groups is 1. The second-order valence-corrected chi connectivity index (χ2v) is 9.54. The summed E-state index contributed by atoms with van der Waals surface area (Å²) in [6.07, 6.45) is 1.55. The average Bonchev–Trinajstić information content (AvgIpc) is 2.97. The third-order valence-electron chi connectivity index (χ3n) is 5.83. The molecule has 4 aromatic carbocycles. The maximum atomic E-state index is 12.7. The van der Waals surface area contributed by atoms with Gasteiger partial charge in [-0.3, -0.25) is 9.59 Å². The summed E-state index contributed by atoms with van der Waals surface area (Å²) >= 11 is 3.43. The van der Waals surface area contributed by atoms with Gasteiger partial charge in [0, 0.05) is 10.0 Å². The Hall–Kier alpha value is -4.43. The molecule has 1 atom stereocenters. The molecule has 4 rings (SSSR count). The van der Waals surface area contributed by atoms with E-state index in [-0.39, 0.29) is 18.2 Å². The first-order valence-corrected chi connectivity index (χ1v) is 13.1. The number of benzene rings is 4. The molecule has 7 nitrogen and oxygen atoms in total. The van der Waals surface area contributed by atoms with Crippen molar-refractivity contribution in [2.45, 2.75) is 19.1 Å². The van der Waals surface area contributed by atoms with Crippen molar-refractivity contribution < 1.29 is 19.1 Å². The molecule has 0 radical (unpaired) electrons. The van der Waals surface area contributed by atoms with Gasteiger partial charge in [-0.05, 0) is 59.2 Å². The Kier molecular flexibility index (Phi) is 9.85. The quantitative estimate of drug-likeness (QED) is 0.166. The van der Waals surface area contributed by atoms with Crippen LogP contribution in [0.4, 0.5) is 0 Å². The van der Waals surface area contributed by atoms with Crippen LogP contribution in [0.3, 0.4) is 0 Å². The molecule has 0 aliphatic rings. The molecule has 0 bridgehead atoms. The molecular weight excluding hydrogens is 558 g/mol. The number of nitrogens with zero attached hydrogens (tertiary/aromatic N) is 1. The van der Waals surface area contributed by atoms with E-state index >= 15 is 0 Å². The van der Waals surface area contributed by atoms with E-state index in [0.29, 0.717) is 23.7 Å². The summed E-state index contributed by atoms with van der Waals surface area (Å²) in [5.74, 6) is 0.557. The first-order valence-electron chi connectivity index (χ1n) is 12.3. The minimum absolute atomic E-state index is 0.0199. The second kappa shape index (κ2) is 13.9. The molecule has 0 aliphatic carbocycles. The molecule has 0 aromatic heterocycles. The molecule has 0 saturated carbocycles. The lowest BCUT2D eigenvalue weighted by Gasteiger charge is -2.18. The van der Waals surface area contributed by atoms with Gasteiger partial charge in [0.25, 0.3) is 5.91 Å². The number of rotatable bonds is 11. The monoisotopic (exact) mass is 585 g/mol. The fourth-order valence-corrected chi connectivity index (χ4v) is 4.07. The highest BCUT2D eigenvalue weighted by molar-refractivity contribution is 9.10. The molecule has 0 fully saturated rings. The van der Waals surface area contributed by atoms with Crippen LogP contribution in [0, 0.1) is 0 Å². The first-order chi connectivity index (χ1) is 19.0. The lowest BCUT2D eigenvalue weighted by Crippen LogP contribution is -2.32. The Morgan fingerprint density at radius 1 is 0.897 bits per heavy atom. The molecule has 0 saturated heterocycles. The van der Waals surface area contributed by atoms with Gasteiger partial charge >= 0.3 is 0 Å². The Bertz CT molecular complexity index is 1410. The van der Waals surface area contributed by atoms with E-state index in [2.05, 4.69) is 31.8 Å². The highest BCUT2D eigenvalue weighted by Gasteiger charge is 2.19. The van der Waals surface area contributed by atoms with E-state index in [1.807, 2.05) is 66.7 Å². The number of halogens is 1. The van der Waals surface area contributed by atoms with Crippen LogP contribution in [-0.4, -0.2) is 25.1 Å². The third kappa shape index (κ3) is 8.28. The Labute approximate surface area is 236 Å². The average molecular weight is 586 g/mol. The maximum absolute atomic E-state index is 12.7. The van der Waals surface area contributed by atoms with Gasteiger partial charge in [-0.15, -0.1) is 0 Å². The van der Waals surface area contributed by atoms with Crippen molar-refractivity contribution >= 4 is 34.0 Å². The van der Waals surface area contributed by atoms with Crippen molar-refractivity contribution in [3.05, 3.63) is 130 Å². The summed E-state index contributed by atoms with van der Waals surface area (Å²) < 4.78 is 12.4. The maximum Gasteiger partial charge on any atom is 0.251 e. The van der Waals surface area contributed by atoms with E-state index in [1.165, 1.54) is 6.21 Å². The molecule has 0 aliphatic heterocycles. The standard InChI is InChI=1S/C31H28BrN3O4/c1-38-29-18-23(14-17-28(29)39-21-22-12-15-26(32)16-13-22)20-33-35-30(36)19-27(24-8-4-2-5-9-24)34-31(37)25-10-6-3-7-11-25/h2-18,20,27H,19,21H2,1H3,(H,34,37)(H,35,36)/b33-20-/t27-/m0/s1. The number of methoxy groups -OCH3 is 1. The summed E-state index contributed by atoms with van der Waals surface area (Å²) in [7, 11) is 1.57. The number of carbonyl (C=O) groups excluding carboxylic acids is 2. The van der Waals surface area contributed by atoms with E-state index in [1.54, 1.807) is 43.5 Å². The minimum atomic E-state index is -0.517. The molecule has 0 unspecified atom stereocenters. The second-order valence-electron chi connectivity index (χ2n) is 8.63. The van der Waals surface area contributed by atoms with Crippen molar-refractivity contribution in [2.75, 3.05) is 7.11 Å². The van der Waals surface area contributed by atoms with Gasteiger partial charge in [0.05, 0.1) is 25.8 Å². The lowest BCUT2D eigenvalue weighted by molar-refractivity contribution is -0.121. The highest BCUT2D eigenvalue weighted by atomic mass is 79.9. The van der Waals surface area contributed by atoms with E-state index in [9.17, 15) is 9.59 Å². The Morgan fingerprint density at radius 3 is 2.28 bits per heavy atom. The largest absolute Gasteiger partial charge is 0.493 e. The minimum Gasteiger partial charge on any atom is -0.493 e. The summed E-state index contributed by atoms with van der Waals surface area (Å²) in [4.78, 5) is 25.5. The first kappa shape index (κ1) is 27.6. The number of ether oxygens (including phenoxy) is 2. The summed E-state index contributed by atoms with van der Waals surface area (Å²) in [5, 5.41) is 7.05. The van der Waals surface area contributed by atoms with Crippen LogP contribution in [0.1, 0.15) is 39.5 Å². The predicted molar refractivity (Wildman–Crippen MR) is 155 cm³/mol. The molecule has 39 heavy (non-hydrogen) atoms. The van der Waals surface area contributed by atoms with Crippen LogP contribution < -0.4 is 20.2 Å². The summed E-state index contributed by atoms with van der Waals surface area (Å²) in [6, 6.07) is 31.0. The number of carbonyl (C=O) groups is 2. The molecule has 2 amide bonds. The molecule has 0 heterocycles. The zero-order chi connectivity index (χ0) is 27.5. The molecule has 0 spiro atoms. The van der Waals surface area contributed by atoms with Crippen LogP contribution in [0.5, 0.6) is 11.5 Å². The van der Waals surface area contributed by atoms with Gasteiger partial charge in [0.1, 0.15) is 6.61 Å². The van der Waals surface area contributed by atoms with E-state index in [0.717, 1.165) is 21.2 Å². The topological polar surface area (TPSA) is 89.0 Å². The van der Waals surface area contributed by atoms with Crippen LogP contribution in [-0.2, 0) is 11.4 Å². The third-order valence-corrected chi connectivity index (χ3v) is 6.36. The van der Waals surface area contributed by atoms with Gasteiger partial charge in [-0.1, -0.05) is 76.6 Å². The summed E-state index contributed by atoms with van der Waals surface area (Å²) in [5.41, 5.74) is 5.65. The smallest absolute Gasteiger partial charge is 0.251 e. The number of amides is 2. The molecular formula is C31H28BrN3O4. The van der Waals surface area contributed by atoms with Gasteiger partial charge in [-0.2, -0.15) is 5.10 Å². The van der Waals surface area contributed by atoms with Gasteiger partial charge in [0.2, 0.25) is 5.91 Å². The van der Waals surface area contributed by atoms with Crippen molar-refractivity contribution in [3.63, 3.8) is 0 Å². The normalized spacial score (nSPS) is 11.5. The molecule has 198 valence electrons. The van der Waals surface area contributed by atoms with Gasteiger partial charge < -0.3 is 14.8 Å². The number of hydrogen-bond acceptors (Lipinski definition) is 5. The highest BCUT2D eigenvalue weighted by Crippen LogP contribution is 2.28. The Morgan fingerprint density at radius 2 is 1.59 bits per heavy atom. The van der Waals surface area contributed by atoms with Gasteiger partial charge in [0.15, 0.2) is 11.5 Å². The van der Waals surface area contributed by atoms with Gasteiger partial charge in [-0.25, -0.2) is 5.43 Å². The SMILES string of the molecule is COc1cc(/C=N\NC(=O)C[C@H](NC(=O)c2ccccc2)c2ccccc2)ccc1OCc1ccc(Br)cc1. The predicted octanol–water partition coefficient (Wildman–Crippen LogP) is 6.05. The summed E-state index contributed by atoms with van der Waals surface area (Å²) in [6.45, 7) is 0.399. The van der Waals surface area contributed by atoms with Crippen LogP contribution in [0.25, 0.3) is 0 Å². The van der Waals surface area contributed by atoms with E-state index in [4.69, 9.17) is 9.47 Å². The molecule has 4 aromatic rings.